The van der Waals surface area contributed by atoms with E-state index in [2.05, 4.69) is 10.5 Å². The van der Waals surface area contributed by atoms with E-state index in [1.165, 1.54) is 0 Å². The first-order valence-electron chi connectivity index (χ1n) is 5.29. The minimum absolute atomic E-state index is 0.0199. The Bertz CT molecular complexity index is 483. The maximum absolute atomic E-state index is 11.4. The van der Waals surface area contributed by atoms with Gasteiger partial charge in [0.2, 0.25) is 0 Å². The van der Waals surface area contributed by atoms with Gasteiger partial charge in [0, 0.05) is 6.07 Å². The largest absolute Gasteiger partial charge is 0.481 e. The van der Waals surface area contributed by atoms with Crippen LogP contribution in [0.1, 0.15) is 17.9 Å². The lowest BCUT2D eigenvalue weighted by atomic mass is 10.2. The van der Waals surface area contributed by atoms with Crippen LogP contribution in [-0.2, 0) is 16.1 Å². The van der Waals surface area contributed by atoms with Crippen molar-refractivity contribution in [2.24, 2.45) is 0 Å². The monoisotopic (exact) mass is 271 g/mol. The van der Waals surface area contributed by atoms with Gasteiger partial charge in [-0.25, -0.2) is 9.59 Å². The first-order valence-corrected chi connectivity index (χ1v) is 5.29. The molecule has 0 saturated heterocycles. The Morgan fingerprint density at radius 1 is 1.42 bits per heavy atom. The molecule has 2 amide bonds. The molecule has 0 aromatic carbocycles. The van der Waals surface area contributed by atoms with E-state index in [0.717, 1.165) is 0 Å². The molecule has 1 aromatic rings. The smallest absolute Gasteiger partial charge is 0.326 e. The average molecular weight is 271 g/mol. The quantitative estimate of drug-likeness (QED) is 0.556. The molecule has 1 heterocycles. The van der Waals surface area contributed by atoms with Crippen LogP contribution >= 0.6 is 0 Å². The van der Waals surface area contributed by atoms with Crippen molar-refractivity contribution in [3.63, 3.8) is 0 Å². The molecule has 0 saturated carbocycles. The molecular formula is C10H13N3O6. The molecule has 0 fully saturated rings. The lowest BCUT2D eigenvalue weighted by Crippen LogP contribution is -2.46. The van der Waals surface area contributed by atoms with Crippen molar-refractivity contribution in [3.05, 3.63) is 17.5 Å². The molecule has 1 rings (SSSR count). The van der Waals surface area contributed by atoms with E-state index in [1.807, 2.05) is 5.32 Å². The summed E-state index contributed by atoms with van der Waals surface area (Å²) in [6.45, 7) is 1.73. The van der Waals surface area contributed by atoms with Gasteiger partial charge in [-0.3, -0.25) is 4.79 Å². The van der Waals surface area contributed by atoms with Gasteiger partial charge in [-0.2, -0.15) is 0 Å². The Balaban J connectivity index is 2.44. The predicted molar refractivity (Wildman–Crippen MR) is 60.3 cm³/mol. The zero-order valence-corrected chi connectivity index (χ0v) is 10.0. The fourth-order valence-corrected chi connectivity index (χ4v) is 1.25. The van der Waals surface area contributed by atoms with Crippen molar-refractivity contribution < 1.29 is 29.1 Å². The Hall–Kier alpha value is -2.58. The van der Waals surface area contributed by atoms with E-state index in [1.54, 1.807) is 13.0 Å². The number of rotatable bonds is 6. The van der Waals surface area contributed by atoms with E-state index in [4.69, 9.17) is 14.7 Å². The molecule has 19 heavy (non-hydrogen) atoms. The Morgan fingerprint density at radius 2 is 2.11 bits per heavy atom. The van der Waals surface area contributed by atoms with Crippen molar-refractivity contribution in [2.45, 2.75) is 25.9 Å². The number of aryl methyl sites for hydroxylation is 1. The van der Waals surface area contributed by atoms with Gasteiger partial charge in [-0.05, 0) is 6.92 Å². The summed E-state index contributed by atoms with van der Waals surface area (Å²) in [6.07, 6.45) is -0.704. The molecule has 0 radical (unpaired) electrons. The molecule has 0 bridgehead atoms. The van der Waals surface area contributed by atoms with E-state index >= 15 is 0 Å². The number of amides is 2. The van der Waals surface area contributed by atoms with Crippen LogP contribution in [-0.4, -0.2) is 39.4 Å². The minimum Gasteiger partial charge on any atom is -0.481 e. The molecule has 0 aliphatic rings. The zero-order chi connectivity index (χ0) is 14.4. The van der Waals surface area contributed by atoms with Gasteiger partial charge in [0.1, 0.15) is 6.04 Å². The highest BCUT2D eigenvalue weighted by Crippen LogP contribution is 2.01. The maximum Gasteiger partial charge on any atom is 0.326 e. The molecule has 0 spiro atoms. The zero-order valence-electron chi connectivity index (χ0n) is 10.0. The molecule has 0 aliphatic heterocycles. The summed E-state index contributed by atoms with van der Waals surface area (Å²) < 4.78 is 4.83. The molecule has 104 valence electrons. The SMILES string of the molecule is Cc1cc(CNC(=O)N[C@H](CC(=O)O)C(=O)O)on1. The number of aliphatic carboxylic acids is 2. The van der Waals surface area contributed by atoms with Crippen LogP contribution in [0, 0.1) is 6.92 Å². The van der Waals surface area contributed by atoms with E-state index in [-0.39, 0.29) is 6.54 Å². The lowest BCUT2D eigenvalue weighted by molar-refractivity contribution is -0.145. The van der Waals surface area contributed by atoms with Crippen LogP contribution in [0.3, 0.4) is 0 Å². The number of urea groups is 1. The van der Waals surface area contributed by atoms with Gasteiger partial charge in [-0.1, -0.05) is 5.16 Å². The number of nitrogens with zero attached hydrogens (tertiary/aromatic N) is 1. The first kappa shape index (κ1) is 14.5. The topological polar surface area (TPSA) is 142 Å². The highest BCUT2D eigenvalue weighted by atomic mass is 16.5. The summed E-state index contributed by atoms with van der Waals surface area (Å²) in [5.74, 6) is -2.34. The fraction of sp³-hybridized carbons (Fsp3) is 0.400. The van der Waals surface area contributed by atoms with Crippen molar-refractivity contribution in [2.75, 3.05) is 0 Å². The average Bonchev–Trinajstić information content (AvgIpc) is 2.71. The Labute approximate surface area is 107 Å². The van der Waals surface area contributed by atoms with E-state index < -0.39 is 30.4 Å². The van der Waals surface area contributed by atoms with E-state index in [9.17, 15) is 14.4 Å². The summed E-state index contributed by atoms with van der Waals surface area (Å²) in [5.41, 5.74) is 0.645. The van der Waals surface area contributed by atoms with Crippen molar-refractivity contribution >= 4 is 18.0 Å². The summed E-state index contributed by atoms with van der Waals surface area (Å²) in [4.78, 5) is 32.5. The second-order valence-electron chi connectivity index (χ2n) is 3.75. The molecule has 9 heteroatoms. The summed E-state index contributed by atoms with van der Waals surface area (Å²) in [5, 5.41) is 25.2. The molecule has 9 nitrogen and oxygen atoms in total. The molecule has 0 aliphatic carbocycles. The highest BCUT2D eigenvalue weighted by molar-refractivity contribution is 5.86. The Kier molecular flexibility index (Phi) is 4.86. The van der Waals surface area contributed by atoms with Gasteiger partial charge in [0.15, 0.2) is 5.76 Å². The van der Waals surface area contributed by atoms with Gasteiger partial charge < -0.3 is 25.4 Å². The third-order valence-electron chi connectivity index (χ3n) is 2.08. The maximum atomic E-state index is 11.4. The number of carbonyl (C=O) groups is 3. The number of hydrogen-bond donors (Lipinski definition) is 4. The summed E-state index contributed by atoms with van der Waals surface area (Å²) in [6, 6.07) is -0.691. The summed E-state index contributed by atoms with van der Waals surface area (Å²) >= 11 is 0. The lowest BCUT2D eigenvalue weighted by Gasteiger charge is -2.12. The standard InChI is InChI=1S/C10H13N3O6/c1-5-2-6(19-13-5)4-11-10(18)12-7(9(16)17)3-8(14)15/h2,7H,3-4H2,1H3,(H,14,15)(H,16,17)(H2,11,12,18)/t7-/m1/s1. The van der Waals surface area contributed by atoms with Crippen LogP contribution in [0.4, 0.5) is 4.79 Å². The third-order valence-corrected chi connectivity index (χ3v) is 2.08. The van der Waals surface area contributed by atoms with Crippen molar-refractivity contribution in [3.8, 4) is 0 Å². The molecule has 0 unspecified atom stereocenters. The van der Waals surface area contributed by atoms with Gasteiger partial charge >= 0.3 is 18.0 Å². The number of nitrogens with one attached hydrogen (secondary N) is 2. The van der Waals surface area contributed by atoms with Crippen LogP contribution < -0.4 is 10.6 Å². The minimum atomic E-state index is -1.49. The molecule has 1 atom stereocenters. The second kappa shape index (κ2) is 6.38. The van der Waals surface area contributed by atoms with Crippen LogP contribution in [0.5, 0.6) is 0 Å². The fourth-order valence-electron chi connectivity index (χ4n) is 1.25. The third kappa shape index (κ3) is 5.06. The second-order valence-corrected chi connectivity index (χ2v) is 3.75. The molecular weight excluding hydrogens is 258 g/mol. The molecule has 1 aromatic heterocycles. The van der Waals surface area contributed by atoms with Gasteiger partial charge in [0.25, 0.3) is 0 Å². The number of aromatic nitrogens is 1. The number of carboxylic acids is 2. The highest BCUT2D eigenvalue weighted by Gasteiger charge is 2.22. The van der Waals surface area contributed by atoms with Crippen LogP contribution in [0.15, 0.2) is 10.6 Å². The predicted octanol–water partition coefficient (Wildman–Crippen LogP) is -0.290. The number of carbonyl (C=O) groups excluding carboxylic acids is 1. The molecule has 4 N–H and O–H groups in total. The first-order chi connectivity index (χ1) is 8.88. The normalized spacial score (nSPS) is 11.6. The van der Waals surface area contributed by atoms with Crippen LogP contribution in [0.25, 0.3) is 0 Å². The van der Waals surface area contributed by atoms with Gasteiger partial charge in [0.05, 0.1) is 18.7 Å². The number of hydrogen-bond acceptors (Lipinski definition) is 5. The van der Waals surface area contributed by atoms with Gasteiger partial charge in [-0.15, -0.1) is 0 Å². The van der Waals surface area contributed by atoms with Crippen molar-refractivity contribution in [1.82, 2.24) is 15.8 Å². The van der Waals surface area contributed by atoms with E-state index in [0.29, 0.717) is 11.5 Å². The summed E-state index contributed by atoms with van der Waals surface area (Å²) in [7, 11) is 0. The number of carboxylic acid groups (broad SMARTS) is 2. The van der Waals surface area contributed by atoms with Crippen molar-refractivity contribution in [1.29, 1.82) is 0 Å². The van der Waals surface area contributed by atoms with Crippen LogP contribution in [0.2, 0.25) is 0 Å². The Morgan fingerprint density at radius 3 is 2.58 bits per heavy atom.